The van der Waals surface area contributed by atoms with Gasteiger partial charge in [0.25, 0.3) is 0 Å². The van der Waals surface area contributed by atoms with Crippen LogP contribution in [-0.4, -0.2) is 26.2 Å². The molecule has 5 heteroatoms. The summed E-state index contributed by atoms with van der Waals surface area (Å²) in [7, 11) is -3.54. The monoisotopic (exact) mass is 206 g/mol. The Hall–Kier alpha value is -0.840. The first-order chi connectivity index (χ1) is 5.54. The third-order valence-corrected chi connectivity index (χ3v) is 2.14. The fourth-order valence-corrected chi connectivity index (χ4v) is 0.831. The molecule has 0 fully saturated rings. The van der Waals surface area contributed by atoms with Gasteiger partial charge in [-0.3, -0.25) is 0 Å². The number of carbonyl (C=O) groups is 1. The smallest absolute Gasteiger partial charge is 0.349 e. The van der Waals surface area contributed by atoms with Crippen LogP contribution in [-0.2, 0) is 19.4 Å². The van der Waals surface area contributed by atoms with Crippen LogP contribution in [0.2, 0.25) is 0 Å². The Morgan fingerprint density at radius 1 is 1.31 bits per heavy atom. The fourth-order valence-electron chi connectivity index (χ4n) is 0.486. The maximum atomic E-state index is 11.1. The van der Waals surface area contributed by atoms with Crippen molar-refractivity contribution >= 4 is 15.8 Å². The summed E-state index contributed by atoms with van der Waals surface area (Å²) in [5.41, 5.74) is -0.704. The van der Waals surface area contributed by atoms with Gasteiger partial charge in [-0.15, -0.1) is 0 Å². The van der Waals surface area contributed by atoms with E-state index in [1.807, 2.05) is 0 Å². The van der Waals surface area contributed by atoms with Crippen molar-refractivity contribution in [2.45, 2.75) is 26.4 Å². The summed E-state index contributed by atoms with van der Waals surface area (Å²) in [5, 5.41) is 0. The van der Waals surface area contributed by atoms with Gasteiger partial charge in [0.1, 0.15) is 10.5 Å². The first kappa shape index (κ1) is 12.2. The highest BCUT2D eigenvalue weighted by molar-refractivity contribution is 7.95. The molecule has 0 N–H and O–H groups in total. The molecule has 0 aromatic rings. The SMILES string of the molecule is C=C(C(=O)OC(C)(C)C)S(C)(=O)=O. The lowest BCUT2D eigenvalue weighted by Crippen LogP contribution is -2.26. The molecule has 0 aliphatic rings. The Kier molecular flexibility index (Phi) is 3.27. The number of carbonyl (C=O) groups excluding carboxylic acids is 1. The van der Waals surface area contributed by atoms with Gasteiger partial charge in [0.05, 0.1) is 0 Å². The van der Waals surface area contributed by atoms with Crippen molar-refractivity contribution in [3.63, 3.8) is 0 Å². The molecule has 0 aliphatic heterocycles. The minimum Gasteiger partial charge on any atom is -0.456 e. The third-order valence-electron chi connectivity index (χ3n) is 1.07. The van der Waals surface area contributed by atoms with Crippen LogP contribution in [0.15, 0.2) is 11.5 Å². The molecular formula is C8H14O4S. The maximum Gasteiger partial charge on any atom is 0.349 e. The molecule has 0 atom stereocenters. The minimum atomic E-state index is -3.54. The van der Waals surface area contributed by atoms with Gasteiger partial charge < -0.3 is 4.74 Å². The molecule has 0 saturated carbocycles. The number of rotatable bonds is 2. The molecule has 0 aliphatic carbocycles. The van der Waals surface area contributed by atoms with E-state index in [9.17, 15) is 13.2 Å². The number of sulfone groups is 1. The second-order valence-electron chi connectivity index (χ2n) is 3.70. The third kappa shape index (κ3) is 4.67. The van der Waals surface area contributed by atoms with Crippen LogP contribution in [0, 0.1) is 0 Å². The minimum absolute atomic E-state index is 0.512. The first-order valence-electron chi connectivity index (χ1n) is 3.66. The molecule has 0 amide bonds. The van der Waals surface area contributed by atoms with Crippen molar-refractivity contribution in [1.29, 1.82) is 0 Å². The standard InChI is InChI=1S/C8H14O4S/c1-6(13(5,10)11)7(9)12-8(2,3)4/h1H2,2-5H3. The summed E-state index contributed by atoms with van der Waals surface area (Å²) in [5.74, 6) is -0.894. The molecule has 0 bridgehead atoms. The lowest BCUT2D eigenvalue weighted by molar-refractivity contribution is -0.148. The summed E-state index contributed by atoms with van der Waals surface area (Å²) in [6.07, 6.45) is 0.916. The van der Waals surface area contributed by atoms with Crippen molar-refractivity contribution in [2.75, 3.05) is 6.26 Å². The van der Waals surface area contributed by atoms with Gasteiger partial charge in [0.2, 0.25) is 0 Å². The van der Waals surface area contributed by atoms with Crippen LogP contribution >= 0.6 is 0 Å². The zero-order valence-electron chi connectivity index (χ0n) is 8.25. The zero-order valence-corrected chi connectivity index (χ0v) is 9.06. The predicted molar refractivity (Wildman–Crippen MR) is 49.8 cm³/mol. The quantitative estimate of drug-likeness (QED) is 0.497. The van der Waals surface area contributed by atoms with E-state index in [2.05, 4.69) is 6.58 Å². The van der Waals surface area contributed by atoms with E-state index in [-0.39, 0.29) is 0 Å². The Bertz CT molecular complexity index is 319. The van der Waals surface area contributed by atoms with Crippen molar-refractivity contribution < 1.29 is 17.9 Å². The van der Waals surface area contributed by atoms with Crippen LogP contribution in [0.5, 0.6) is 0 Å². The molecule has 0 unspecified atom stereocenters. The van der Waals surface area contributed by atoms with E-state index in [0.717, 1.165) is 6.26 Å². The molecule has 13 heavy (non-hydrogen) atoms. The molecule has 0 saturated heterocycles. The molecule has 0 heterocycles. The zero-order chi connectivity index (χ0) is 10.9. The Morgan fingerprint density at radius 2 is 1.69 bits per heavy atom. The van der Waals surface area contributed by atoms with E-state index >= 15 is 0 Å². The molecule has 0 aromatic heterocycles. The Balaban J connectivity index is 4.59. The van der Waals surface area contributed by atoms with E-state index < -0.39 is 26.3 Å². The Morgan fingerprint density at radius 3 is 1.92 bits per heavy atom. The fraction of sp³-hybridized carbons (Fsp3) is 0.625. The topological polar surface area (TPSA) is 60.4 Å². The second-order valence-corrected chi connectivity index (χ2v) is 5.73. The molecule has 0 radical (unpaired) electrons. The average molecular weight is 206 g/mol. The van der Waals surface area contributed by atoms with Gasteiger partial charge in [0.15, 0.2) is 9.84 Å². The summed E-state index contributed by atoms with van der Waals surface area (Å²) < 4.78 is 26.5. The normalized spacial score (nSPS) is 12.3. The summed E-state index contributed by atoms with van der Waals surface area (Å²) in [6, 6.07) is 0. The van der Waals surface area contributed by atoms with Gasteiger partial charge in [-0.1, -0.05) is 6.58 Å². The highest BCUT2D eigenvalue weighted by Crippen LogP contribution is 2.12. The average Bonchev–Trinajstić information content (AvgIpc) is 1.79. The second kappa shape index (κ2) is 3.49. The highest BCUT2D eigenvalue weighted by Gasteiger charge is 2.24. The number of hydrogen-bond donors (Lipinski definition) is 0. The maximum absolute atomic E-state index is 11.1. The van der Waals surface area contributed by atoms with Gasteiger partial charge in [-0.05, 0) is 20.8 Å². The molecule has 4 nitrogen and oxygen atoms in total. The Labute approximate surface area is 78.5 Å². The summed E-state index contributed by atoms with van der Waals surface area (Å²) in [4.78, 5) is 10.6. The summed E-state index contributed by atoms with van der Waals surface area (Å²) >= 11 is 0. The number of esters is 1. The van der Waals surface area contributed by atoms with Crippen LogP contribution in [0.3, 0.4) is 0 Å². The van der Waals surface area contributed by atoms with Crippen LogP contribution in [0.4, 0.5) is 0 Å². The highest BCUT2D eigenvalue weighted by atomic mass is 32.2. The van der Waals surface area contributed by atoms with E-state index in [1.165, 1.54) is 0 Å². The van der Waals surface area contributed by atoms with Gasteiger partial charge in [-0.2, -0.15) is 0 Å². The van der Waals surface area contributed by atoms with Crippen molar-refractivity contribution in [3.05, 3.63) is 11.5 Å². The molecule has 0 rings (SSSR count). The summed E-state index contributed by atoms with van der Waals surface area (Å²) in [6.45, 7) is 8.11. The van der Waals surface area contributed by atoms with Crippen molar-refractivity contribution in [3.8, 4) is 0 Å². The van der Waals surface area contributed by atoms with E-state index in [0.29, 0.717) is 0 Å². The molecule has 76 valence electrons. The van der Waals surface area contributed by atoms with Crippen LogP contribution in [0.1, 0.15) is 20.8 Å². The van der Waals surface area contributed by atoms with Crippen LogP contribution < -0.4 is 0 Å². The predicted octanol–water partition coefficient (Wildman–Crippen LogP) is 0.886. The van der Waals surface area contributed by atoms with Gasteiger partial charge in [-0.25, -0.2) is 13.2 Å². The molecule has 0 aromatic carbocycles. The lowest BCUT2D eigenvalue weighted by Gasteiger charge is -2.19. The molecule has 0 spiro atoms. The van der Waals surface area contributed by atoms with Crippen LogP contribution in [0.25, 0.3) is 0 Å². The van der Waals surface area contributed by atoms with Gasteiger partial charge in [0, 0.05) is 6.26 Å². The number of ether oxygens (including phenoxy) is 1. The largest absolute Gasteiger partial charge is 0.456 e. The lowest BCUT2D eigenvalue weighted by atomic mass is 10.2. The van der Waals surface area contributed by atoms with Crippen molar-refractivity contribution in [1.82, 2.24) is 0 Å². The van der Waals surface area contributed by atoms with E-state index in [1.54, 1.807) is 20.8 Å². The van der Waals surface area contributed by atoms with Crippen molar-refractivity contribution in [2.24, 2.45) is 0 Å². The van der Waals surface area contributed by atoms with Gasteiger partial charge >= 0.3 is 5.97 Å². The number of hydrogen-bond acceptors (Lipinski definition) is 4. The first-order valence-corrected chi connectivity index (χ1v) is 5.55. The molecular weight excluding hydrogens is 192 g/mol. The van der Waals surface area contributed by atoms with E-state index in [4.69, 9.17) is 4.74 Å².